The molecule has 3 heterocycles. The number of aliphatic hydroxyl groups excluding tert-OH is 1. The number of carbonyl (C=O) groups is 2. The van der Waals surface area contributed by atoms with E-state index in [2.05, 4.69) is 6.92 Å². The van der Waals surface area contributed by atoms with Gasteiger partial charge in [0.15, 0.2) is 0 Å². The molecule has 1 aliphatic carbocycles. The molecule has 29 heavy (non-hydrogen) atoms. The van der Waals surface area contributed by atoms with Gasteiger partial charge in [-0.25, -0.2) is 0 Å². The van der Waals surface area contributed by atoms with Gasteiger partial charge in [0.25, 0.3) is 0 Å². The van der Waals surface area contributed by atoms with Crippen LogP contribution in [-0.4, -0.2) is 41.5 Å². The fraction of sp³-hybridized carbons (Fsp3) is 0.727. The van der Waals surface area contributed by atoms with Gasteiger partial charge in [0.2, 0.25) is 0 Å². The first-order valence-electron chi connectivity index (χ1n) is 10.5. The highest BCUT2D eigenvalue weighted by molar-refractivity contribution is 5.76. The van der Waals surface area contributed by atoms with Gasteiger partial charge in [-0.3, -0.25) is 9.59 Å². The van der Waals surface area contributed by atoms with Crippen LogP contribution in [0.15, 0.2) is 23.0 Å². The average Bonchev–Trinajstić information content (AvgIpc) is 3.27. The van der Waals surface area contributed by atoms with Gasteiger partial charge in [-0.1, -0.05) is 6.92 Å². The van der Waals surface area contributed by atoms with Crippen LogP contribution in [0.25, 0.3) is 0 Å². The summed E-state index contributed by atoms with van der Waals surface area (Å²) in [6.07, 6.45) is 5.79. The Bertz CT molecular complexity index is 759. The smallest absolute Gasteiger partial charge is 0.310 e. The predicted molar refractivity (Wildman–Crippen MR) is 102 cm³/mol. The molecule has 4 rings (SSSR count). The number of aliphatic hydroxyl groups is 1. The lowest BCUT2D eigenvalue weighted by atomic mass is 9.59. The topological polar surface area (TPSA) is 95.2 Å². The Balaban J connectivity index is 1.58. The molecule has 0 radical (unpaired) electrons. The summed E-state index contributed by atoms with van der Waals surface area (Å²) in [5.41, 5.74) is -0.264. The van der Waals surface area contributed by atoms with E-state index in [0.29, 0.717) is 12.8 Å². The molecule has 3 aliphatic rings. The van der Waals surface area contributed by atoms with Crippen molar-refractivity contribution < 1.29 is 33.3 Å². The van der Waals surface area contributed by atoms with Crippen LogP contribution in [-0.2, 0) is 23.8 Å². The molecule has 7 atom stereocenters. The van der Waals surface area contributed by atoms with Crippen LogP contribution >= 0.6 is 0 Å². The Morgan fingerprint density at radius 2 is 2.14 bits per heavy atom. The van der Waals surface area contributed by atoms with Gasteiger partial charge < -0.3 is 23.7 Å². The summed E-state index contributed by atoms with van der Waals surface area (Å²) < 4.78 is 23.1. The first kappa shape index (κ1) is 20.4. The number of esters is 2. The minimum Gasteiger partial charge on any atom is -0.472 e. The van der Waals surface area contributed by atoms with Gasteiger partial charge in [0.05, 0.1) is 30.1 Å². The number of hydrogen-bond acceptors (Lipinski definition) is 7. The van der Waals surface area contributed by atoms with Gasteiger partial charge in [0.1, 0.15) is 12.2 Å². The van der Waals surface area contributed by atoms with E-state index in [0.717, 1.165) is 24.8 Å². The van der Waals surface area contributed by atoms with E-state index in [1.54, 1.807) is 12.3 Å². The highest BCUT2D eigenvalue weighted by Crippen LogP contribution is 2.58. The summed E-state index contributed by atoms with van der Waals surface area (Å²) in [6.45, 7) is 5.33. The Kier molecular flexibility index (Phi) is 5.23. The Morgan fingerprint density at radius 3 is 2.79 bits per heavy atom. The first-order valence-corrected chi connectivity index (χ1v) is 10.5. The number of hydrogen-bond donors (Lipinski definition) is 1. The van der Waals surface area contributed by atoms with Crippen molar-refractivity contribution in [1.29, 1.82) is 0 Å². The lowest BCUT2D eigenvalue weighted by Crippen LogP contribution is -2.60. The van der Waals surface area contributed by atoms with Crippen LogP contribution in [0, 0.1) is 17.3 Å². The normalized spacial score (nSPS) is 38.1. The summed E-state index contributed by atoms with van der Waals surface area (Å²) in [6, 6.07) is 1.76. The summed E-state index contributed by atoms with van der Waals surface area (Å²) >= 11 is 0. The Morgan fingerprint density at radius 1 is 1.34 bits per heavy atom. The van der Waals surface area contributed by atoms with E-state index in [4.69, 9.17) is 18.6 Å². The van der Waals surface area contributed by atoms with Crippen LogP contribution < -0.4 is 0 Å². The molecule has 2 saturated heterocycles. The van der Waals surface area contributed by atoms with Crippen molar-refractivity contribution in [3.63, 3.8) is 0 Å². The third-order valence-electron chi connectivity index (χ3n) is 7.45. The molecule has 160 valence electrons. The zero-order valence-corrected chi connectivity index (χ0v) is 17.3. The van der Waals surface area contributed by atoms with Gasteiger partial charge in [-0.2, -0.15) is 0 Å². The average molecular weight is 406 g/mol. The molecule has 7 heteroatoms. The van der Waals surface area contributed by atoms with Crippen LogP contribution in [0.4, 0.5) is 0 Å². The quantitative estimate of drug-likeness (QED) is 0.725. The molecule has 0 amide bonds. The standard InChI is InChI=1S/C22H30O7/c1-13(24)27-17(14-7-8-26-12-14)9-15(11-23)21(2)10-19-22(3)16(20(25)28-19)5-4-6-18(22)29-21/h7-8,12,15-19,23H,4-6,9-11H2,1-3H3/t15-,16+,17+,18+,19+,21+,22-/m1/s1. The summed E-state index contributed by atoms with van der Waals surface area (Å²) in [5, 5.41) is 10.3. The third kappa shape index (κ3) is 3.38. The number of furan rings is 1. The maximum Gasteiger partial charge on any atom is 0.310 e. The first-order chi connectivity index (χ1) is 13.8. The Hall–Kier alpha value is -1.86. The van der Waals surface area contributed by atoms with Crippen LogP contribution in [0.5, 0.6) is 0 Å². The summed E-state index contributed by atoms with van der Waals surface area (Å²) in [4.78, 5) is 24.1. The lowest BCUT2D eigenvalue weighted by Gasteiger charge is -2.55. The zero-order valence-electron chi connectivity index (χ0n) is 17.3. The predicted octanol–water partition coefficient (Wildman–Crippen LogP) is 3.16. The van der Waals surface area contributed by atoms with E-state index in [-0.39, 0.29) is 42.0 Å². The molecule has 0 bridgehead atoms. The molecule has 2 aliphatic heterocycles. The van der Waals surface area contributed by atoms with E-state index >= 15 is 0 Å². The van der Waals surface area contributed by atoms with Crippen molar-refractivity contribution in [2.45, 2.75) is 76.8 Å². The maximum atomic E-state index is 12.5. The van der Waals surface area contributed by atoms with E-state index in [1.165, 1.54) is 13.2 Å². The summed E-state index contributed by atoms with van der Waals surface area (Å²) in [5.74, 6) is -0.920. The van der Waals surface area contributed by atoms with Crippen LogP contribution in [0.2, 0.25) is 0 Å². The fourth-order valence-electron chi connectivity index (χ4n) is 5.64. The zero-order chi connectivity index (χ0) is 20.8. The van der Waals surface area contributed by atoms with Crippen LogP contribution in [0.3, 0.4) is 0 Å². The molecule has 1 saturated carbocycles. The second-order valence-electron chi connectivity index (χ2n) is 9.17. The summed E-state index contributed by atoms with van der Waals surface area (Å²) in [7, 11) is 0. The molecule has 0 unspecified atom stereocenters. The van der Waals surface area contributed by atoms with Gasteiger partial charge in [0, 0.05) is 36.8 Å². The maximum absolute atomic E-state index is 12.5. The molecule has 0 spiro atoms. The van der Waals surface area contributed by atoms with E-state index in [9.17, 15) is 14.7 Å². The molecule has 0 aromatic carbocycles. The highest BCUT2D eigenvalue weighted by atomic mass is 16.6. The number of rotatable bonds is 6. The second-order valence-corrected chi connectivity index (χ2v) is 9.17. The van der Waals surface area contributed by atoms with Crippen molar-refractivity contribution >= 4 is 11.9 Å². The number of ether oxygens (including phenoxy) is 3. The molecule has 1 aromatic heterocycles. The van der Waals surface area contributed by atoms with Gasteiger partial charge in [-0.15, -0.1) is 0 Å². The molecule has 3 fully saturated rings. The monoisotopic (exact) mass is 406 g/mol. The fourth-order valence-corrected chi connectivity index (χ4v) is 5.64. The van der Waals surface area contributed by atoms with Gasteiger partial charge >= 0.3 is 11.9 Å². The minimum absolute atomic E-state index is 0.0911. The van der Waals surface area contributed by atoms with E-state index < -0.39 is 17.7 Å². The van der Waals surface area contributed by atoms with Crippen molar-refractivity contribution in [2.24, 2.45) is 17.3 Å². The molecular formula is C22H30O7. The molecular weight excluding hydrogens is 376 g/mol. The van der Waals surface area contributed by atoms with Crippen molar-refractivity contribution in [1.82, 2.24) is 0 Å². The SMILES string of the molecule is CC(=O)O[C@@H](C[C@H](CO)[C@]1(C)C[C@@H]2OC(=O)[C@@H]3CCC[C@H](O1)[C@]23C)c1ccoc1. The molecule has 7 nitrogen and oxygen atoms in total. The number of carbonyl (C=O) groups excluding carboxylic acids is 2. The lowest BCUT2D eigenvalue weighted by molar-refractivity contribution is -0.245. The minimum atomic E-state index is -0.696. The van der Waals surface area contributed by atoms with Crippen molar-refractivity contribution in [2.75, 3.05) is 6.61 Å². The van der Waals surface area contributed by atoms with E-state index in [1.807, 2.05) is 6.92 Å². The third-order valence-corrected chi connectivity index (χ3v) is 7.45. The Labute approximate surface area is 170 Å². The molecule has 1 aromatic rings. The van der Waals surface area contributed by atoms with Crippen molar-refractivity contribution in [3.05, 3.63) is 24.2 Å². The van der Waals surface area contributed by atoms with Crippen molar-refractivity contribution in [3.8, 4) is 0 Å². The highest BCUT2D eigenvalue weighted by Gasteiger charge is 2.65. The van der Waals surface area contributed by atoms with Gasteiger partial charge in [-0.05, 0) is 38.7 Å². The second kappa shape index (κ2) is 7.43. The van der Waals surface area contributed by atoms with Crippen LogP contribution in [0.1, 0.15) is 64.5 Å². The molecule has 1 N–H and O–H groups in total. The largest absolute Gasteiger partial charge is 0.472 e.